The molecular formula is C19H30BrIN6. The largest absolute Gasteiger partial charge is 0.357 e. The number of hydrogen-bond donors (Lipinski definition) is 1. The highest BCUT2D eigenvalue weighted by Crippen LogP contribution is 2.17. The summed E-state index contributed by atoms with van der Waals surface area (Å²) >= 11 is 3.55. The van der Waals surface area contributed by atoms with Gasteiger partial charge >= 0.3 is 0 Å². The Bertz CT molecular complexity index is 718. The molecule has 0 aliphatic rings. The number of aromatic nitrogens is 3. The summed E-state index contributed by atoms with van der Waals surface area (Å²) in [7, 11) is 3.94. The van der Waals surface area contributed by atoms with Crippen LogP contribution in [0.1, 0.15) is 31.7 Å². The average Bonchev–Trinajstić information content (AvgIpc) is 3.02. The SMILES string of the molecule is CCNC(=NCC(CC)Cc1cccc(Br)c1)N(C)Cc1ncnn1C.I. The maximum Gasteiger partial charge on any atom is 0.194 e. The van der Waals surface area contributed by atoms with E-state index in [1.54, 1.807) is 11.0 Å². The van der Waals surface area contributed by atoms with Crippen LogP contribution in [0.15, 0.2) is 40.1 Å². The molecule has 0 fully saturated rings. The maximum absolute atomic E-state index is 4.88. The summed E-state index contributed by atoms with van der Waals surface area (Å²) in [5.74, 6) is 2.34. The molecule has 1 N–H and O–H groups in total. The third-order valence-corrected chi connectivity index (χ3v) is 4.86. The van der Waals surface area contributed by atoms with Crippen molar-refractivity contribution in [1.82, 2.24) is 25.0 Å². The molecule has 1 aromatic heterocycles. The molecule has 0 aliphatic heterocycles. The molecule has 0 aliphatic carbocycles. The number of benzene rings is 1. The summed E-state index contributed by atoms with van der Waals surface area (Å²) in [4.78, 5) is 11.3. The van der Waals surface area contributed by atoms with E-state index in [1.165, 1.54) is 5.56 Å². The summed E-state index contributed by atoms with van der Waals surface area (Å²) in [6.07, 6.45) is 3.71. The van der Waals surface area contributed by atoms with Gasteiger partial charge in [-0.15, -0.1) is 24.0 Å². The Kier molecular flexibility index (Phi) is 10.9. The Morgan fingerprint density at radius 2 is 2.15 bits per heavy atom. The predicted molar refractivity (Wildman–Crippen MR) is 125 cm³/mol. The predicted octanol–water partition coefficient (Wildman–Crippen LogP) is 3.86. The Morgan fingerprint density at radius 3 is 2.74 bits per heavy atom. The summed E-state index contributed by atoms with van der Waals surface area (Å²) in [6.45, 7) is 6.63. The number of nitrogens with one attached hydrogen (secondary N) is 1. The highest BCUT2D eigenvalue weighted by atomic mass is 127. The van der Waals surface area contributed by atoms with Crippen LogP contribution in [0, 0.1) is 5.92 Å². The van der Waals surface area contributed by atoms with Gasteiger partial charge in [-0.25, -0.2) is 4.98 Å². The van der Waals surface area contributed by atoms with Gasteiger partial charge in [0, 0.05) is 31.7 Å². The average molecular weight is 549 g/mol. The lowest BCUT2D eigenvalue weighted by molar-refractivity contribution is 0.442. The lowest BCUT2D eigenvalue weighted by atomic mass is 9.97. The molecule has 1 aromatic carbocycles. The summed E-state index contributed by atoms with van der Waals surface area (Å²) in [5, 5.41) is 7.51. The van der Waals surface area contributed by atoms with Gasteiger partial charge in [-0.3, -0.25) is 9.67 Å². The first kappa shape index (κ1) is 23.9. The van der Waals surface area contributed by atoms with Gasteiger partial charge in [0.25, 0.3) is 0 Å². The van der Waals surface area contributed by atoms with Crippen LogP contribution in [0.3, 0.4) is 0 Å². The molecule has 1 atom stereocenters. The Balaban J connectivity index is 0.00000364. The quantitative estimate of drug-likeness (QED) is 0.309. The fourth-order valence-corrected chi connectivity index (χ4v) is 3.22. The Labute approximate surface area is 188 Å². The highest BCUT2D eigenvalue weighted by Gasteiger charge is 2.12. The van der Waals surface area contributed by atoms with E-state index in [0.29, 0.717) is 12.5 Å². The topological polar surface area (TPSA) is 58.3 Å². The van der Waals surface area contributed by atoms with Gasteiger partial charge in [0.15, 0.2) is 5.96 Å². The van der Waals surface area contributed by atoms with Crippen LogP contribution < -0.4 is 5.32 Å². The zero-order chi connectivity index (χ0) is 18.9. The third kappa shape index (κ3) is 7.77. The monoisotopic (exact) mass is 548 g/mol. The third-order valence-electron chi connectivity index (χ3n) is 4.37. The van der Waals surface area contributed by atoms with Gasteiger partial charge in [0.2, 0.25) is 0 Å². The molecule has 0 radical (unpaired) electrons. The standard InChI is InChI=1S/C19H29BrN6.HI/c1-5-15(10-16-8-7-9-17(20)11-16)12-22-19(21-6-2)25(3)13-18-23-14-24-26(18)4;/h7-9,11,14-15H,5-6,10,12-13H2,1-4H3,(H,21,22);1H. The van der Waals surface area contributed by atoms with Gasteiger partial charge in [0.05, 0.1) is 6.54 Å². The van der Waals surface area contributed by atoms with E-state index < -0.39 is 0 Å². The number of nitrogens with zero attached hydrogens (tertiary/aromatic N) is 5. The van der Waals surface area contributed by atoms with Crippen molar-refractivity contribution in [2.75, 3.05) is 20.1 Å². The van der Waals surface area contributed by atoms with Gasteiger partial charge in [0.1, 0.15) is 12.2 Å². The van der Waals surface area contributed by atoms with Crippen molar-refractivity contribution in [1.29, 1.82) is 0 Å². The molecule has 2 aromatic rings. The van der Waals surface area contributed by atoms with E-state index in [0.717, 1.165) is 42.2 Å². The van der Waals surface area contributed by atoms with Crippen LogP contribution in [-0.2, 0) is 20.0 Å². The van der Waals surface area contributed by atoms with Crippen LogP contribution in [0.2, 0.25) is 0 Å². The van der Waals surface area contributed by atoms with E-state index in [2.05, 4.69) is 74.3 Å². The number of guanidine groups is 1. The number of halogens is 2. The molecule has 1 unspecified atom stereocenters. The Hall–Kier alpha value is -1.16. The van der Waals surface area contributed by atoms with Crippen LogP contribution >= 0.6 is 39.9 Å². The minimum atomic E-state index is 0. The fraction of sp³-hybridized carbons (Fsp3) is 0.526. The van der Waals surface area contributed by atoms with Crippen molar-refractivity contribution in [2.24, 2.45) is 18.0 Å². The number of rotatable bonds is 8. The summed E-state index contributed by atoms with van der Waals surface area (Å²) in [6, 6.07) is 8.53. The van der Waals surface area contributed by atoms with Gasteiger partial charge in [-0.2, -0.15) is 5.10 Å². The van der Waals surface area contributed by atoms with Crippen molar-refractivity contribution in [3.05, 3.63) is 46.5 Å². The smallest absolute Gasteiger partial charge is 0.194 e. The molecule has 0 bridgehead atoms. The van der Waals surface area contributed by atoms with Crippen molar-refractivity contribution >= 4 is 45.9 Å². The van der Waals surface area contributed by atoms with Crippen molar-refractivity contribution in [3.63, 3.8) is 0 Å². The first-order chi connectivity index (χ1) is 12.5. The van der Waals surface area contributed by atoms with Crippen LogP contribution in [0.5, 0.6) is 0 Å². The number of aryl methyl sites for hydroxylation is 1. The second-order valence-corrected chi connectivity index (χ2v) is 7.37. The van der Waals surface area contributed by atoms with Gasteiger partial charge in [-0.05, 0) is 37.0 Å². The normalized spacial score (nSPS) is 12.4. The fourth-order valence-electron chi connectivity index (χ4n) is 2.77. The molecule has 0 saturated carbocycles. The first-order valence-corrected chi connectivity index (χ1v) is 9.89. The number of hydrogen-bond acceptors (Lipinski definition) is 3. The van der Waals surface area contributed by atoms with Crippen molar-refractivity contribution in [3.8, 4) is 0 Å². The molecule has 2 rings (SSSR count). The number of aliphatic imine (C=N–C) groups is 1. The molecule has 6 nitrogen and oxygen atoms in total. The summed E-state index contributed by atoms with van der Waals surface area (Å²) < 4.78 is 2.92. The molecule has 1 heterocycles. The van der Waals surface area contributed by atoms with E-state index in [4.69, 9.17) is 4.99 Å². The van der Waals surface area contributed by atoms with Crippen LogP contribution in [0.4, 0.5) is 0 Å². The van der Waals surface area contributed by atoms with E-state index in [-0.39, 0.29) is 24.0 Å². The molecular weight excluding hydrogens is 519 g/mol. The van der Waals surface area contributed by atoms with Gasteiger partial charge < -0.3 is 10.2 Å². The minimum Gasteiger partial charge on any atom is -0.357 e. The maximum atomic E-state index is 4.88. The van der Waals surface area contributed by atoms with Gasteiger partial charge in [-0.1, -0.05) is 41.4 Å². The first-order valence-electron chi connectivity index (χ1n) is 9.10. The lowest BCUT2D eigenvalue weighted by Crippen LogP contribution is -2.39. The van der Waals surface area contributed by atoms with E-state index in [9.17, 15) is 0 Å². The van der Waals surface area contributed by atoms with E-state index >= 15 is 0 Å². The second kappa shape index (κ2) is 12.3. The van der Waals surface area contributed by atoms with Crippen LogP contribution in [-0.4, -0.2) is 45.8 Å². The molecule has 8 heteroatoms. The molecule has 0 spiro atoms. The molecule has 0 saturated heterocycles. The zero-order valence-electron chi connectivity index (χ0n) is 16.5. The van der Waals surface area contributed by atoms with Crippen molar-refractivity contribution in [2.45, 2.75) is 33.2 Å². The van der Waals surface area contributed by atoms with E-state index in [1.807, 2.05) is 14.1 Å². The molecule has 0 amide bonds. The minimum absolute atomic E-state index is 0. The van der Waals surface area contributed by atoms with Crippen LogP contribution in [0.25, 0.3) is 0 Å². The molecule has 27 heavy (non-hydrogen) atoms. The molecule has 150 valence electrons. The summed E-state index contributed by atoms with van der Waals surface area (Å²) in [5.41, 5.74) is 1.35. The highest BCUT2D eigenvalue weighted by molar-refractivity contribution is 14.0. The zero-order valence-corrected chi connectivity index (χ0v) is 20.4. The second-order valence-electron chi connectivity index (χ2n) is 6.46. The Morgan fingerprint density at radius 1 is 1.37 bits per heavy atom. The van der Waals surface area contributed by atoms with Crippen molar-refractivity contribution < 1.29 is 0 Å². The lowest BCUT2D eigenvalue weighted by Gasteiger charge is -2.22.